The molecule has 0 heterocycles. The average Bonchev–Trinajstić information content (AvgIpc) is 2.84. The van der Waals surface area contributed by atoms with Gasteiger partial charge in [0.15, 0.2) is 0 Å². The van der Waals surface area contributed by atoms with Gasteiger partial charge in [-0.05, 0) is 41.5 Å². The van der Waals surface area contributed by atoms with Crippen LogP contribution in [0.2, 0.25) is 0 Å². The van der Waals surface area contributed by atoms with Crippen LogP contribution in [0.25, 0.3) is 6.08 Å². The lowest BCUT2D eigenvalue weighted by Crippen LogP contribution is -2.32. The van der Waals surface area contributed by atoms with Gasteiger partial charge in [0, 0.05) is 37.5 Å². The van der Waals surface area contributed by atoms with E-state index in [9.17, 15) is 9.59 Å². The van der Waals surface area contributed by atoms with Crippen LogP contribution in [-0.4, -0.2) is 32.1 Å². The second-order valence-corrected chi connectivity index (χ2v) is 7.78. The minimum Gasteiger partial charge on any atom is -0.378 e. The lowest BCUT2D eigenvalue weighted by atomic mass is 10.0. The molecule has 33 heavy (non-hydrogen) atoms. The number of carbonyl (C=O) groups is 2. The molecule has 0 aliphatic heterocycles. The summed E-state index contributed by atoms with van der Waals surface area (Å²) in [5.74, 6) is -0.854. The van der Waals surface area contributed by atoms with E-state index >= 15 is 0 Å². The number of rotatable bonds is 8. The number of benzene rings is 3. The summed E-state index contributed by atoms with van der Waals surface area (Å²) in [4.78, 5) is 27.6. The Morgan fingerprint density at radius 2 is 1.48 bits per heavy atom. The maximum Gasteiger partial charge on any atom is 0.287 e. The van der Waals surface area contributed by atoms with E-state index in [1.807, 2.05) is 86.6 Å². The molecular formula is C27H28N4O2. The van der Waals surface area contributed by atoms with Crippen LogP contribution in [0.15, 0.2) is 95.7 Å². The summed E-state index contributed by atoms with van der Waals surface area (Å²) in [5.41, 5.74) is 5.99. The fraction of sp³-hybridized carbons (Fsp3) is 0.148. The van der Waals surface area contributed by atoms with Crippen LogP contribution < -0.4 is 15.6 Å². The van der Waals surface area contributed by atoms with Crippen LogP contribution in [0.3, 0.4) is 0 Å². The predicted molar refractivity (Wildman–Crippen MR) is 134 cm³/mol. The first-order valence-corrected chi connectivity index (χ1v) is 10.7. The second-order valence-electron chi connectivity index (χ2n) is 7.78. The van der Waals surface area contributed by atoms with Crippen LogP contribution in [0.5, 0.6) is 0 Å². The Morgan fingerprint density at radius 1 is 0.879 bits per heavy atom. The molecular weight excluding hydrogens is 412 g/mol. The van der Waals surface area contributed by atoms with E-state index in [0.717, 1.165) is 16.8 Å². The van der Waals surface area contributed by atoms with Crippen molar-refractivity contribution >= 4 is 29.8 Å². The van der Waals surface area contributed by atoms with Crippen molar-refractivity contribution in [2.75, 3.05) is 19.0 Å². The smallest absolute Gasteiger partial charge is 0.287 e. The van der Waals surface area contributed by atoms with Gasteiger partial charge >= 0.3 is 0 Å². The molecule has 0 unspecified atom stereocenters. The van der Waals surface area contributed by atoms with E-state index in [0.29, 0.717) is 5.56 Å². The first-order valence-electron chi connectivity index (χ1n) is 10.7. The maximum atomic E-state index is 12.9. The van der Waals surface area contributed by atoms with Gasteiger partial charge in [0.05, 0.1) is 0 Å². The summed E-state index contributed by atoms with van der Waals surface area (Å²) >= 11 is 0. The Labute approximate surface area is 194 Å². The zero-order chi connectivity index (χ0) is 23.6. The Morgan fingerprint density at radius 3 is 2.09 bits per heavy atom. The molecule has 6 nitrogen and oxygen atoms in total. The average molecular weight is 441 g/mol. The predicted octanol–water partition coefficient (Wildman–Crippen LogP) is 4.43. The zero-order valence-electron chi connectivity index (χ0n) is 19.0. The number of amides is 2. The number of nitrogens with zero attached hydrogens (tertiary/aromatic N) is 2. The molecule has 0 saturated heterocycles. The zero-order valence-corrected chi connectivity index (χ0v) is 19.0. The van der Waals surface area contributed by atoms with E-state index in [-0.39, 0.29) is 17.5 Å². The number of nitrogens with one attached hydrogen (secondary N) is 2. The first kappa shape index (κ1) is 23.5. The monoisotopic (exact) mass is 440 g/mol. The van der Waals surface area contributed by atoms with Crippen molar-refractivity contribution in [1.29, 1.82) is 0 Å². The van der Waals surface area contributed by atoms with E-state index in [1.54, 1.807) is 36.6 Å². The van der Waals surface area contributed by atoms with Gasteiger partial charge in [0.1, 0.15) is 5.70 Å². The highest BCUT2D eigenvalue weighted by Gasteiger charge is 2.14. The molecule has 0 bridgehead atoms. The molecule has 0 saturated carbocycles. The Bertz CT molecular complexity index is 1120. The Kier molecular flexibility index (Phi) is 8.13. The minimum absolute atomic E-state index is 0.0245. The molecule has 0 fully saturated rings. The first-order chi connectivity index (χ1) is 15.9. The number of hydrogen-bond acceptors (Lipinski definition) is 4. The van der Waals surface area contributed by atoms with Gasteiger partial charge in [0.2, 0.25) is 0 Å². The topological polar surface area (TPSA) is 73.8 Å². The summed E-state index contributed by atoms with van der Waals surface area (Å²) in [6.45, 7) is 1.99. The van der Waals surface area contributed by atoms with Gasteiger partial charge in [-0.25, -0.2) is 5.43 Å². The quantitative estimate of drug-likeness (QED) is 0.309. The SMILES string of the molecule is C[C@@H](/C=N\NC(=O)/C(=C\c1ccc(N(C)C)cc1)NC(=O)c1ccccc1)c1ccccc1. The number of hydrazone groups is 1. The highest BCUT2D eigenvalue weighted by atomic mass is 16.2. The van der Waals surface area contributed by atoms with Gasteiger partial charge in [0.25, 0.3) is 11.8 Å². The lowest BCUT2D eigenvalue weighted by Gasteiger charge is -2.13. The fourth-order valence-electron chi connectivity index (χ4n) is 3.09. The number of carbonyl (C=O) groups excluding carboxylic acids is 2. The van der Waals surface area contributed by atoms with Gasteiger partial charge in [-0.3, -0.25) is 9.59 Å². The van der Waals surface area contributed by atoms with Crippen molar-refractivity contribution in [1.82, 2.24) is 10.7 Å². The molecule has 6 heteroatoms. The third-order valence-corrected chi connectivity index (χ3v) is 5.04. The molecule has 2 N–H and O–H groups in total. The normalized spacial score (nSPS) is 12.3. The van der Waals surface area contributed by atoms with Crippen molar-refractivity contribution in [2.24, 2.45) is 5.10 Å². The molecule has 0 aromatic heterocycles. The number of anilines is 1. The summed E-state index contributed by atoms with van der Waals surface area (Å²) < 4.78 is 0. The molecule has 0 aliphatic carbocycles. The molecule has 3 rings (SSSR count). The molecule has 168 valence electrons. The van der Waals surface area contributed by atoms with Crippen LogP contribution in [0, 0.1) is 0 Å². The second kappa shape index (κ2) is 11.4. The molecule has 1 atom stereocenters. The molecule has 2 amide bonds. The van der Waals surface area contributed by atoms with Crippen molar-refractivity contribution in [3.05, 3.63) is 107 Å². The van der Waals surface area contributed by atoms with E-state index in [4.69, 9.17) is 0 Å². The van der Waals surface area contributed by atoms with Gasteiger partial charge in [-0.15, -0.1) is 0 Å². The summed E-state index contributed by atoms with van der Waals surface area (Å²) in [6.07, 6.45) is 3.29. The van der Waals surface area contributed by atoms with Crippen molar-refractivity contribution in [2.45, 2.75) is 12.8 Å². The maximum absolute atomic E-state index is 12.9. The van der Waals surface area contributed by atoms with Gasteiger partial charge in [-0.1, -0.05) is 67.6 Å². The summed E-state index contributed by atoms with van der Waals surface area (Å²) in [7, 11) is 3.91. The Hall–Kier alpha value is -4.19. The number of hydrogen-bond donors (Lipinski definition) is 2. The van der Waals surface area contributed by atoms with Crippen LogP contribution in [0.4, 0.5) is 5.69 Å². The van der Waals surface area contributed by atoms with Crippen LogP contribution in [-0.2, 0) is 4.79 Å². The summed E-state index contributed by atoms with van der Waals surface area (Å²) in [5, 5.41) is 6.82. The molecule has 0 aliphatic rings. The van der Waals surface area contributed by atoms with Crippen molar-refractivity contribution in [3.63, 3.8) is 0 Å². The molecule has 0 spiro atoms. The highest BCUT2D eigenvalue weighted by molar-refractivity contribution is 6.05. The van der Waals surface area contributed by atoms with E-state index in [2.05, 4.69) is 15.8 Å². The largest absolute Gasteiger partial charge is 0.378 e. The van der Waals surface area contributed by atoms with Crippen LogP contribution >= 0.6 is 0 Å². The van der Waals surface area contributed by atoms with Gasteiger partial charge in [-0.2, -0.15) is 5.10 Å². The fourth-order valence-corrected chi connectivity index (χ4v) is 3.09. The highest BCUT2D eigenvalue weighted by Crippen LogP contribution is 2.15. The minimum atomic E-state index is -0.507. The summed E-state index contributed by atoms with van der Waals surface area (Å²) in [6, 6.07) is 26.3. The molecule has 3 aromatic rings. The molecule has 3 aromatic carbocycles. The van der Waals surface area contributed by atoms with Crippen LogP contribution in [0.1, 0.15) is 34.3 Å². The van der Waals surface area contributed by atoms with Crippen molar-refractivity contribution < 1.29 is 9.59 Å². The van der Waals surface area contributed by atoms with E-state index < -0.39 is 5.91 Å². The third kappa shape index (κ3) is 6.90. The van der Waals surface area contributed by atoms with E-state index in [1.165, 1.54) is 0 Å². The lowest BCUT2D eigenvalue weighted by molar-refractivity contribution is -0.117. The standard InChI is InChI=1S/C27H28N4O2/c1-20(22-10-6-4-7-11-22)19-28-30-27(33)25(29-26(32)23-12-8-5-9-13-23)18-21-14-16-24(17-15-21)31(2)3/h4-20H,1-3H3,(H,29,32)(H,30,33)/b25-18+,28-19-/t20-/m0/s1. The Balaban J connectivity index is 1.78. The van der Waals surface area contributed by atoms with Gasteiger partial charge < -0.3 is 10.2 Å². The van der Waals surface area contributed by atoms with Crippen molar-refractivity contribution in [3.8, 4) is 0 Å². The third-order valence-electron chi connectivity index (χ3n) is 5.04. The molecule has 0 radical (unpaired) electrons.